The first kappa shape index (κ1) is 21.6. The quantitative estimate of drug-likeness (QED) is 0.504. The molecule has 152 valence electrons. The highest BCUT2D eigenvalue weighted by Gasteiger charge is 2.20. The largest absolute Gasteiger partial charge is 0.357 e. The van der Waals surface area contributed by atoms with E-state index >= 15 is 0 Å². The van der Waals surface area contributed by atoms with Gasteiger partial charge in [0.1, 0.15) is 9.84 Å². The van der Waals surface area contributed by atoms with E-state index in [1.54, 1.807) is 0 Å². The van der Waals surface area contributed by atoms with Crippen LogP contribution in [0.15, 0.2) is 23.3 Å². The summed E-state index contributed by atoms with van der Waals surface area (Å²) < 4.78 is 22.6. The van der Waals surface area contributed by atoms with Crippen molar-refractivity contribution in [1.82, 2.24) is 20.5 Å². The van der Waals surface area contributed by atoms with Crippen molar-refractivity contribution in [3.8, 4) is 0 Å². The molecule has 0 unspecified atom stereocenters. The zero-order chi connectivity index (χ0) is 19.7. The van der Waals surface area contributed by atoms with Crippen molar-refractivity contribution in [3.63, 3.8) is 0 Å². The van der Waals surface area contributed by atoms with Gasteiger partial charge in [0.2, 0.25) is 0 Å². The van der Waals surface area contributed by atoms with Crippen molar-refractivity contribution in [2.45, 2.75) is 39.2 Å². The Hall–Kier alpha value is -1.67. The van der Waals surface area contributed by atoms with Gasteiger partial charge < -0.3 is 15.5 Å². The number of piperidine rings is 1. The minimum Gasteiger partial charge on any atom is -0.357 e. The number of likely N-dealkylation sites (tertiary alicyclic amines) is 1. The van der Waals surface area contributed by atoms with Gasteiger partial charge in [0.15, 0.2) is 5.96 Å². The first-order valence-corrected chi connectivity index (χ1v) is 11.8. The molecule has 0 aromatic carbocycles. The number of nitrogens with one attached hydrogen (secondary N) is 2. The lowest BCUT2D eigenvalue weighted by Gasteiger charge is -2.32. The fraction of sp³-hybridized carbons (Fsp3) is 0.684. The molecule has 2 N–H and O–H groups in total. The predicted octanol–water partition coefficient (Wildman–Crippen LogP) is 0.997. The molecule has 1 fully saturated rings. The highest BCUT2D eigenvalue weighted by molar-refractivity contribution is 7.90. The van der Waals surface area contributed by atoms with Crippen LogP contribution in [-0.2, 0) is 16.3 Å². The summed E-state index contributed by atoms with van der Waals surface area (Å²) in [6.07, 6.45) is 6.07. The summed E-state index contributed by atoms with van der Waals surface area (Å²) in [5, 5.41) is 6.84. The third-order valence-electron chi connectivity index (χ3n) is 4.69. The van der Waals surface area contributed by atoms with Crippen LogP contribution >= 0.6 is 0 Å². The first-order valence-electron chi connectivity index (χ1n) is 9.72. The second-order valence-corrected chi connectivity index (χ2v) is 9.47. The van der Waals surface area contributed by atoms with Gasteiger partial charge in [-0.15, -0.1) is 0 Å². The third kappa shape index (κ3) is 8.71. The third-order valence-corrected chi connectivity index (χ3v) is 5.62. The van der Waals surface area contributed by atoms with E-state index in [4.69, 9.17) is 0 Å². The first-order chi connectivity index (χ1) is 12.9. The number of hydrogen-bond donors (Lipinski definition) is 2. The molecule has 2 rings (SSSR count). The lowest BCUT2D eigenvalue weighted by molar-refractivity contribution is 0.216. The van der Waals surface area contributed by atoms with Gasteiger partial charge in [-0.3, -0.25) is 9.98 Å². The molecular formula is C19H33N5O2S. The van der Waals surface area contributed by atoms with Crippen LogP contribution in [0, 0.1) is 6.92 Å². The molecule has 0 saturated carbocycles. The summed E-state index contributed by atoms with van der Waals surface area (Å²) in [7, 11) is -2.89. The average molecular weight is 396 g/mol. The summed E-state index contributed by atoms with van der Waals surface area (Å²) in [6, 6.07) is 4.50. The molecule has 7 nitrogen and oxygen atoms in total. The zero-order valence-corrected chi connectivity index (χ0v) is 17.6. The van der Waals surface area contributed by atoms with E-state index in [9.17, 15) is 8.42 Å². The Bertz CT molecular complexity index is 695. The van der Waals surface area contributed by atoms with Crippen LogP contribution in [0.1, 0.15) is 31.0 Å². The number of aromatic nitrogens is 1. The number of nitrogens with zero attached hydrogens (tertiary/aromatic N) is 3. The summed E-state index contributed by atoms with van der Waals surface area (Å²) in [5.41, 5.74) is 2.22. The van der Waals surface area contributed by atoms with Gasteiger partial charge in [0.05, 0.1) is 5.75 Å². The van der Waals surface area contributed by atoms with Gasteiger partial charge in [0, 0.05) is 56.9 Å². The lowest BCUT2D eigenvalue weighted by Crippen LogP contribution is -2.49. The highest BCUT2D eigenvalue weighted by Crippen LogP contribution is 2.10. The second kappa shape index (κ2) is 10.6. The molecule has 0 spiro atoms. The van der Waals surface area contributed by atoms with Crippen LogP contribution < -0.4 is 10.6 Å². The molecule has 0 amide bonds. The summed E-state index contributed by atoms with van der Waals surface area (Å²) in [5.74, 6) is 1.09. The van der Waals surface area contributed by atoms with Crippen molar-refractivity contribution in [3.05, 3.63) is 29.6 Å². The van der Waals surface area contributed by atoms with Crippen molar-refractivity contribution in [2.24, 2.45) is 4.99 Å². The van der Waals surface area contributed by atoms with Gasteiger partial charge in [-0.05, 0) is 44.7 Å². The topological polar surface area (TPSA) is 86.7 Å². The number of aliphatic imine (C=N–C) groups is 1. The molecule has 8 heteroatoms. The molecule has 1 aromatic rings. The minimum atomic E-state index is -2.89. The molecule has 1 aromatic heterocycles. The number of sulfone groups is 1. The molecule has 27 heavy (non-hydrogen) atoms. The van der Waals surface area contributed by atoms with E-state index in [1.165, 1.54) is 11.8 Å². The van der Waals surface area contributed by atoms with Crippen LogP contribution in [0.3, 0.4) is 0 Å². The van der Waals surface area contributed by atoms with Gasteiger partial charge in [0.25, 0.3) is 0 Å². The highest BCUT2D eigenvalue weighted by atomic mass is 32.2. The van der Waals surface area contributed by atoms with Crippen molar-refractivity contribution in [2.75, 3.05) is 44.7 Å². The van der Waals surface area contributed by atoms with Crippen LogP contribution in [-0.4, -0.2) is 75.0 Å². The molecule has 0 aliphatic carbocycles. The Balaban J connectivity index is 1.77. The SMILES string of the molecule is CCNC(=NCCc1ccc(C)nc1)NC1CCN(CCS(C)(=O)=O)CC1. The van der Waals surface area contributed by atoms with E-state index in [0.717, 1.165) is 50.6 Å². The van der Waals surface area contributed by atoms with E-state index in [-0.39, 0.29) is 5.75 Å². The van der Waals surface area contributed by atoms with Crippen LogP contribution in [0.5, 0.6) is 0 Å². The van der Waals surface area contributed by atoms with Crippen LogP contribution in [0.4, 0.5) is 0 Å². The van der Waals surface area contributed by atoms with E-state index in [1.807, 2.05) is 19.2 Å². The zero-order valence-electron chi connectivity index (χ0n) is 16.7. The molecule has 2 heterocycles. The predicted molar refractivity (Wildman–Crippen MR) is 111 cm³/mol. The summed E-state index contributed by atoms with van der Waals surface area (Å²) >= 11 is 0. The number of rotatable bonds is 8. The number of guanidine groups is 1. The Morgan fingerprint density at radius 1 is 1.33 bits per heavy atom. The Morgan fingerprint density at radius 2 is 2.07 bits per heavy atom. The maximum absolute atomic E-state index is 11.3. The maximum atomic E-state index is 11.3. The molecule has 1 aliphatic heterocycles. The molecular weight excluding hydrogens is 362 g/mol. The fourth-order valence-corrected chi connectivity index (χ4v) is 3.64. The van der Waals surface area contributed by atoms with Crippen molar-refractivity contribution in [1.29, 1.82) is 0 Å². The smallest absolute Gasteiger partial charge is 0.191 e. The average Bonchev–Trinajstić information content (AvgIpc) is 2.62. The maximum Gasteiger partial charge on any atom is 0.191 e. The van der Waals surface area contributed by atoms with Crippen molar-refractivity contribution < 1.29 is 8.42 Å². The van der Waals surface area contributed by atoms with E-state index < -0.39 is 9.84 Å². The van der Waals surface area contributed by atoms with Crippen LogP contribution in [0.2, 0.25) is 0 Å². The molecule has 1 aliphatic rings. The van der Waals surface area contributed by atoms with Gasteiger partial charge in [-0.25, -0.2) is 8.42 Å². The van der Waals surface area contributed by atoms with E-state index in [2.05, 4.69) is 38.5 Å². The molecule has 0 bridgehead atoms. The lowest BCUT2D eigenvalue weighted by atomic mass is 10.1. The van der Waals surface area contributed by atoms with Crippen molar-refractivity contribution >= 4 is 15.8 Å². The monoisotopic (exact) mass is 395 g/mol. The fourth-order valence-electron chi connectivity index (χ4n) is 3.05. The Kier molecular flexibility index (Phi) is 8.50. The van der Waals surface area contributed by atoms with E-state index in [0.29, 0.717) is 19.1 Å². The Labute approximate surface area is 163 Å². The van der Waals surface area contributed by atoms with Gasteiger partial charge >= 0.3 is 0 Å². The van der Waals surface area contributed by atoms with Gasteiger partial charge in [-0.2, -0.15) is 0 Å². The summed E-state index contributed by atoms with van der Waals surface area (Å²) in [6.45, 7) is 8.06. The minimum absolute atomic E-state index is 0.239. The number of aryl methyl sites for hydroxylation is 1. The van der Waals surface area contributed by atoms with Crippen LogP contribution in [0.25, 0.3) is 0 Å². The number of hydrogen-bond acceptors (Lipinski definition) is 5. The molecule has 0 radical (unpaired) electrons. The van der Waals surface area contributed by atoms with Gasteiger partial charge in [-0.1, -0.05) is 6.07 Å². The summed E-state index contributed by atoms with van der Waals surface area (Å²) in [4.78, 5) is 11.2. The molecule has 1 saturated heterocycles. The standard InChI is InChI=1S/C19H33N5O2S/c1-4-20-19(21-10-7-17-6-5-16(2)22-15-17)23-18-8-11-24(12-9-18)13-14-27(3,25)26/h5-6,15,18H,4,7-14H2,1-3H3,(H2,20,21,23). The number of pyridine rings is 1. The second-order valence-electron chi connectivity index (χ2n) is 7.21. The molecule has 0 atom stereocenters. The normalized spacial score (nSPS) is 17.1. The Morgan fingerprint density at radius 3 is 2.67 bits per heavy atom.